The van der Waals surface area contributed by atoms with Crippen LogP contribution in [0.3, 0.4) is 0 Å². The van der Waals surface area contributed by atoms with Crippen LogP contribution in [0.15, 0.2) is 0 Å². The topological polar surface area (TPSA) is 130 Å². The zero-order chi connectivity index (χ0) is 12.2. The Morgan fingerprint density at radius 3 is 2.20 bits per heavy atom. The van der Waals surface area contributed by atoms with Crippen LogP contribution in [-0.2, 0) is 14.9 Å². The molecule has 0 aliphatic rings. The zero-order valence-electron chi connectivity index (χ0n) is 8.54. The summed E-state index contributed by atoms with van der Waals surface area (Å²) in [6.45, 7) is 2.44. The lowest BCUT2D eigenvalue weighted by Gasteiger charge is -2.20. The maximum absolute atomic E-state index is 11.2. The smallest absolute Gasteiger partial charge is 0.286 e. The minimum absolute atomic E-state index is 0.505. The Morgan fingerprint density at radius 2 is 1.93 bits per heavy atom. The van der Waals surface area contributed by atoms with Gasteiger partial charge in [-0.05, 0) is 5.92 Å². The van der Waals surface area contributed by atoms with E-state index >= 15 is 0 Å². The minimum atomic E-state index is -4.37. The average Bonchev–Trinajstić information content (AvgIpc) is 2.09. The number of rotatable bonds is 5. The summed E-state index contributed by atoms with van der Waals surface area (Å²) in [7, 11) is -4.37. The zero-order valence-corrected chi connectivity index (χ0v) is 9.36. The number of aliphatic hydroxyl groups excluding tert-OH is 1. The molecule has 1 amide bonds. The van der Waals surface area contributed by atoms with Crippen molar-refractivity contribution in [2.45, 2.75) is 25.3 Å². The van der Waals surface area contributed by atoms with Gasteiger partial charge in [0.2, 0.25) is 5.91 Å². The van der Waals surface area contributed by atoms with Crippen molar-refractivity contribution in [3.8, 4) is 0 Å². The van der Waals surface area contributed by atoms with Gasteiger partial charge in [0, 0.05) is 0 Å². The fourth-order valence-corrected chi connectivity index (χ4v) is 1.87. The number of carbonyl (C=O) groups excluding carboxylic acids is 1. The van der Waals surface area contributed by atoms with Crippen LogP contribution in [0.4, 0.5) is 0 Å². The van der Waals surface area contributed by atoms with E-state index in [-0.39, 0.29) is 0 Å². The van der Waals surface area contributed by atoms with E-state index in [0.717, 1.165) is 0 Å². The molecule has 0 aromatic rings. The first-order valence-corrected chi connectivity index (χ1v) is 5.83. The highest BCUT2D eigenvalue weighted by Gasteiger charge is 2.29. The lowest BCUT2D eigenvalue weighted by molar-refractivity contribution is -0.123. The van der Waals surface area contributed by atoms with E-state index in [4.69, 9.17) is 15.4 Å². The molecule has 0 aliphatic carbocycles. The fraction of sp³-hybridized carbons (Fsp3) is 0.857. The van der Waals surface area contributed by atoms with Crippen molar-refractivity contribution >= 4 is 16.0 Å². The maximum Gasteiger partial charge on any atom is 0.286 e. The van der Waals surface area contributed by atoms with Gasteiger partial charge in [-0.15, -0.1) is 0 Å². The summed E-state index contributed by atoms with van der Waals surface area (Å²) < 4.78 is 30.5. The molecule has 0 saturated heterocycles. The van der Waals surface area contributed by atoms with E-state index in [9.17, 15) is 13.2 Å². The van der Waals surface area contributed by atoms with Gasteiger partial charge in [-0.25, -0.2) is 0 Å². The molecule has 0 radical (unpaired) electrons. The normalized spacial score (nSPS) is 16.1. The second-order valence-electron chi connectivity index (χ2n) is 3.48. The van der Waals surface area contributed by atoms with Crippen molar-refractivity contribution in [2.75, 3.05) is 6.61 Å². The van der Waals surface area contributed by atoms with E-state index in [0.29, 0.717) is 0 Å². The van der Waals surface area contributed by atoms with Crippen LogP contribution in [0.2, 0.25) is 0 Å². The average molecular weight is 240 g/mol. The minimum Gasteiger partial charge on any atom is -0.394 e. The van der Waals surface area contributed by atoms with Crippen molar-refractivity contribution in [2.24, 2.45) is 11.7 Å². The Balaban J connectivity index is 4.66. The first-order valence-electron chi connectivity index (χ1n) is 4.33. The molecule has 5 N–H and O–H groups in total. The van der Waals surface area contributed by atoms with E-state index < -0.39 is 40.0 Å². The molecule has 0 rings (SSSR count). The van der Waals surface area contributed by atoms with Gasteiger partial charge in [-0.1, -0.05) is 13.8 Å². The molecule has 8 heteroatoms. The van der Waals surface area contributed by atoms with Crippen molar-refractivity contribution < 1.29 is 22.9 Å². The van der Waals surface area contributed by atoms with Gasteiger partial charge in [0.25, 0.3) is 10.1 Å². The second-order valence-corrected chi connectivity index (χ2v) is 5.02. The van der Waals surface area contributed by atoms with E-state index in [2.05, 4.69) is 0 Å². The molecule has 0 fully saturated rings. The molecule has 90 valence electrons. The van der Waals surface area contributed by atoms with Gasteiger partial charge in [0.05, 0.1) is 6.61 Å². The molecule has 0 saturated carbocycles. The summed E-state index contributed by atoms with van der Waals surface area (Å²) in [4.78, 5) is 11.2. The molecule has 7 nitrogen and oxygen atoms in total. The fourth-order valence-electron chi connectivity index (χ4n) is 0.915. The lowest BCUT2D eigenvalue weighted by atomic mass is 10.2. The Kier molecular flexibility index (Phi) is 5.15. The lowest BCUT2D eigenvalue weighted by Crippen LogP contribution is -2.51. The summed E-state index contributed by atoms with van der Waals surface area (Å²) in [6.07, 6.45) is 0. The molecule has 0 spiro atoms. The highest BCUT2D eigenvalue weighted by Crippen LogP contribution is 2.07. The first-order chi connectivity index (χ1) is 6.70. The molecule has 15 heavy (non-hydrogen) atoms. The van der Waals surface area contributed by atoms with E-state index in [1.54, 1.807) is 0 Å². The molecular weight excluding hydrogens is 224 g/mol. The molecule has 2 unspecified atom stereocenters. The van der Waals surface area contributed by atoms with Crippen LogP contribution in [-0.4, -0.2) is 42.0 Å². The van der Waals surface area contributed by atoms with Gasteiger partial charge >= 0.3 is 0 Å². The third kappa shape index (κ3) is 4.56. The van der Waals surface area contributed by atoms with E-state index in [1.165, 1.54) is 13.8 Å². The standard InChI is InChI=1S/C7H16N2O5S/c1-4(2)7(15(12,13)14)9-6(11)5(8)3-10/h4-5,7,10H,3,8H2,1-2H3,(H,9,11)(H,12,13,14). The van der Waals surface area contributed by atoms with Crippen molar-refractivity contribution in [1.29, 1.82) is 0 Å². The number of amides is 1. The van der Waals surface area contributed by atoms with Crippen molar-refractivity contribution in [3.05, 3.63) is 0 Å². The van der Waals surface area contributed by atoms with Gasteiger partial charge in [0.1, 0.15) is 6.04 Å². The van der Waals surface area contributed by atoms with Crippen molar-refractivity contribution in [3.63, 3.8) is 0 Å². The largest absolute Gasteiger partial charge is 0.394 e. The SMILES string of the molecule is CC(C)C(NC(=O)C(N)CO)S(=O)(=O)O. The van der Waals surface area contributed by atoms with Crippen LogP contribution in [0.1, 0.15) is 13.8 Å². The Labute approximate surface area is 88.4 Å². The van der Waals surface area contributed by atoms with Crippen LogP contribution in [0, 0.1) is 5.92 Å². The summed E-state index contributed by atoms with van der Waals surface area (Å²) in [5, 5.41) is 9.19. The Morgan fingerprint density at radius 1 is 1.47 bits per heavy atom. The van der Waals surface area contributed by atoms with Crippen molar-refractivity contribution in [1.82, 2.24) is 5.32 Å². The van der Waals surface area contributed by atoms with Gasteiger partial charge in [-0.2, -0.15) is 8.42 Å². The summed E-state index contributed by atoms with van der Waals surface area (Å²) in [6, 6.07) is -1.20. The molecular formula is C7H16N2O5S. The Hall–Kier alpha value is -0.700. The highest BCUT2D eigenvalue weighted by molar-refractivity contribution is 7.86. The molecule has 0 aliphatic heterocycles. The molecule has 0 aromatic heterocycles. The quantitative estimate of drug-likeness (QED) is 0.423. The molecule has 0 aromatic carbocycles. The number of hydrogen-bond acceptors (Lipinski definition) is 5. The predicted molar refractivity (Wildman–Crippen MR) is 53.4 cm³/mol. The predicted octanol–water partition coefficient (Wildman–Crippen LogP) is -1.71. The third-order valence-corrected chi connectivity index (χ3v) is 3.05. The number of aliphatic hydroxyl groups is 1. The van der Waals surface area contributed by atoms with Crippen LogP contribution in [0.25, 0.3) is 0 Å². The number of carbonyl (C=O) groups is 1. The second kappa shape index (κ2) is 5.40. The van der Waals surface area contributed by atoms with Crippen LogP contribution >= 0.6 is 0 Å². The summed E-state index contributed by atoms with van der Waals surface area (Å²) in [5.74, 6) is -1.33. The number of nitrogens with two attached hydrogens (primary N) is 1. The Bertz CT molecular complexity index is 313. The van der Waals surface area contributed by atoms with Gasteiger partial charge in [-0.3, -0.25) is 9.35 Å². The highest BCUT2D eigenvalue weighted by atomic mass is 32.2. The molecule has 0 bridgehead atoms. The first kappa shape index (κ1) is 14.3. The van der Waals surface area contributed by atoms with Crippen LogP contribution < -0.4 is 11.1 Å². The molecule has 2 atom stereocenters. The third-order valence-electron chi connectivity index (χ3n) is 1.74. The summed E-state index contributed by atoms with van der Waals surface area (Å²) in [5.41, 5.74) is 5.17. The number of hydrogen-bond donors (Lipinski definition) is 4. The summed E-state index contributed by atoms with van der Waals surface area (Å²) >= 11 is 0. The van der Waals surface area contributed by atoms with Gasteiger partial charge in [0.15, 0.2) is 5.37 Å². The van der Waals surface area contributed by atoms with Crippen LogP contribution in [0.5, 0.6) is 0 Å². The monoisotopic (exact) mass is 240 g/mol. The van der Waals surface area contributed by atoms with Gasteiger partial charge < -0.3 is 16.2 Å². The number of nitrogens with one attached hydrogen (secondary N) is 1. The molecule has 0 heterocycles. The van der Waals surface area contributed by atoms with E-state index in [1.807, 2.05) is 5.32 Å². The maximum atomic E-state index is 11.2.